The first-order chi connectivity index (χ1) is 6.74. The van der Waals surface area contributed by atoms with E-state index in [0.29, 0.717) is 0 Å². The quantitative estimate of drug-likeness (QED) is 0.717. The molecule has 2 heteroatoms. The highest BCUT2D eigenvalue weighted by molar-refractivity contribution is 5.43. The molecule has 78 valence electrons. The fraction of sp³-hybridized carbons (Fsp3) is 0.500. The standard InChI is InChI=1S/C12H17FO/c1-4-10-6-5-7-11(9(2)8-13)12(10)14-3/h5-7,9H,4,8H2,1-3H3. The van der Waals surface area contributed by atoms with Crippen LogP contribution in [0.25, 0.3) is 0 Å². The number of hydrogen-bond acceptors (Lipinski definition) is 1. The Kier molecular flexibility index (Phi) is 3.93. The number of para-hydroxylation sites is 1. The minimum absolute atomic E-state index is 0.0866. The summed E-state index contributed by atoms with van der Waals surface area (Å²) in [5, 5.41) is 0. The van der Waals surface area contributed by atoms with Crippen LogP contribution in [0.1, 0.15) is 30.9 Å². The van der Waals surface area contributed by atoms with Gasteiger partial charge in [-0.3, -0.25) is 4.39 Å². The fourth-order valence-corrected chi connectivity index (χ4v) is 1.60. The number of halogens is 1. The minimum atomic E-state index is -0.344. The Morgan fingerprint density at radius 3 is 2.64 bits per heavy atom. The largest absolute Gasteiger partial charge is 0.496 e. The van der Waals surface area contributed by atoms with Crippen molar-refractivity contribution in [3.05, 3.63) is 29.3 Å². The highest BCUT2D eigenvalue weighted by Crippen LogP contribution is 2.30. The van der Waals surface area contributed by atoms with Gasteiger partial charge in [-0.1, -0.05) is 32.0 Å². The molecule has 0 bridgehead atoms. The average molecular weight is 196 g/mol. The van der Waals surface area contributed by atoms with Crippen molar-refractivity contribution < 1.29 is 9.13 Å². The van der Waals surface area contributed by atoms with E-state index in [2.05, 4.69) is 6.92 Å². The van der Waals surface area contributed by atoms with Crippen molar-refractivity contribution in [2.45, 2.75) is 26.2 Å². The number of hydrogen-bond donors (Lipinski definition) is 0. The summed E-state index contributed by atoms with van der Waals surface area (Å²) in [6.45, 7) is 3.60. The van der Waals surface area contributed by atoms with Crippen LogP contribution in [-0.2, 0) is 6.42 Å². The van der Waals surface area contributed by atoms with E-state index in [-0.39, 0.29) is 12.6 Å². The fourth-order valence-electron chi connectivity index (χ4n) is 1.60. The van der Waals surface area contributed by atoms with Crippen LogP contribution in [-0.4, -0.2) is 13.8 Å². The number of benzene rings is 1. The number of rotatable bonds is 4. The summed E-state index contributed by atoms with van der Waals surface area (Å²) in [7, 11) is 1.64. The third-order valence-corrected chi connectivity index (χ3v) is 2.47. The first kappa shape index (κ1) is 11.0. The molecule has 0 spiro atoms. The van der Waals surface area contributed by atoms with Crippen molar-refractivity contribution in [2.75, 3.05) is 13.8 Å². The summed E-state index contributed by atoms with van der Waals surface area (Å²) < 4.78 is 17.9. The predicted octanol–water partition coefficient (Wildman–Crippen LogP) is 3.33. The lowest BCUT2D eigenvalue weighted by Gasteiger charge is -2.15. The summed E-state index contributed by atoms with van der Waals surface area (Å²) >= 11 is 0. The Hall–Kier alpha value is -1.05. The number of ether oxygens (including phenoxy) is 1. The minimum Gasteiger partial charge on any atom is -0.496 e. The predicted molar refractivity (Wildman–Crippen MR) is 56.8 cm³/mol. The Bertz CT molecular complexity index is 296. The van der Waals surface area contributed by atoms with Crippen LogP contribution in [0.15, 0.2) is 18.2 Å². The molecule has 1 aromatic rings. The van der Waals surface area contributed by atoms with Gasteiger partial charge in [-0.2, -0.15) is 0 Å². The monoisotopic (exact) mass is 196 g/mol. The maximum absolute atomic E-state index is 12.6. The molecule has 0 saturated carbocycles. The lowest BCUT2D eigenvalue weighted by Crippen LogP contribution is -2.01. The molecule has 1 unspecified atom stereocenters. The zero-order chi connectivity index (χ0) is 10.6. The van der Waals surface area contributed by atoms with E-state index in [0.717, 1.165) is 23.3 Å². The lowest BCUT2D eigenvalue weighted by atomic mass is 9.97. The van der Waals surface area contributed by atoms with Crippen molar-refractivity contribution in [2.24, 2.45) is 0 Å². The van der Waals surface area contributed by atoms with Gasteiger partial charge in [0, 0.05) is 5.92 Å². The Balaban J connectivity index is 3.14. The Morgan fingerprint density at radius 2 is 2.14 bits per heavy atom. The van der Waals surface area contributed by atoms with Crippen LogP contribution in [0.4, 0.5) is 4.39 Å². The molecule has 0 aliphatic heterocycles. The van der Waals surface area contributed by atoms with Gasteiger partial charge in [-0.05, 0) is 17.5 Å². The van der Waals surface area contributed by atoms with E-state index in [1.54, 1.807) is 7.11 Å². The third kappa shape index (κ3) is 2.06. The smallest absolute Gasteiger partial charge is 0.125 e. The summed E-state index contributed by atoms with van der Waals surface area (Å²) in [5.74, 6) is 0.761. The number of aryl methyl sites for hydroxylation is 1. The van der Waals surface area contributed by atoms with Crippen LogP contribution in [0, 0.1) is 0 Å². The van der Waals surface area contributed by atoms with E-state index in [9.17, 15) is 4.39 Å². The molecule has 0 aliphatic rings. The van der Waals surface area contributed by atoms with Crippen LogP contribution < -0.4 is 4.74 Å². The topological polar surface area (TPSA) is 9.23 Å². The zero-order valence-corrected chi connectivity index (χ0v) is 9.01. The first-order valence-corrected chi connectivity index (χ1v) is 4.96. The average Bonchev–Trinajstić information content (AvgIpc) is 2.26. The lowest BCUT2D eigenvalue weighted by molar-refractivity contribution is 0.389. The van der Waals surface area contributed by atoms with Crippen LogP contribution >= 0.6 is 0 Å². The highest BCUT2D eigenvalue weighted by Gasteiger charge is 2.13. The molecule has 14 heavy (non-hydrogen) atoms. The molecule has 0 aromatic heterocycles. The van der Waals surface area contributed by atoms with Gasteiger partial charge in [0.15, 0.2) is 0 Å². The first-order valence-electron chi connectivity index (χ1n) is 4.96. The third-order valence-electron chi connectivity index (χ3n) is 2.47. The van der Waals surface area contributed by atoms with Crippen molar-refractivity contribution in [3.63, 3.8) is 0 Å². The number of alkyl halides is 1. The number of methoxy groups -OCH3 is 1. The molecule has 0 aliphatic carbocycles. The normalized spacial score (nSPS) is 12.6. The molecule has 1 atom stereocenters. The van der Waals surface area contributed by atoms with E-state index in [4.69, 9.17) is 4.74 Å². The van der Waals surface area contributed by atoms with Gasteiger partial charge in [0.05, 0.1) is 13.8 Å². The Morgan fingerprint density at radius 1 is 1.43 bits per heavy atom. The molecule has 0 amide bonds. The van der Waals surface area contributed by atoms with Gasteiger partial charge in [-0.25, -0.2) is 0 Å². The van der Waals surface area contributed by atoms with Gasteiger partial charge in [-0.15, -0.1) is 0 Å². The van der Waals surface area contributed by atoms with E-state index in [1.807, 2.05) is 25.1 Å². The van der Waals surface area contributed by atoms with Crippen molar-refractivity contribution in [1.82, 2.24) is 0 Å². The van der Waals surface area contributed by atoms with Crippen LogP contribution in [0.2, 0.25) is 0 Å². The highest BCUT2D eigenvalue weighted by atomic mass is 19.1. The van der Waals surface area contributed by atoms with Gasteiger partial charge >= 0.3 is 0 Å². The molecule has 1 nitrogen and oxygen atoms in total. The molecule has 1 aromatic carbocycles. The summed E-state index contributed by atoms with van der Waals surface area (Å²) in [6.07, 6.45) is 0.913. The molecular formula is C12H17FO. The van der Waals surface area contributed by atoms with Gasteiger partial charge in [0.25, 0.3) is 0 Å². The molecule has 0 radical (unpaired) electrons. The maximum atomic E-state index is 12.6. The molecule has 0 N–H and O–H groups in total. The summed E-state index contributed by atoms with van der Waals surface area (Å²) in [4.78, 5) is 0. The molecule has 0 heterocycles. The SMILES string of the molecule is CCc1cccc(C(C)CF)c1OC. The Labute approximate surface area is 84.9 Å². The van der Waals surface area contributed by atoms with E-state index >= 15 is 0 Å². The molecular weight excluding hydrogens is 179 g/mol. The molecule has 0 saturated heterocycles. The maximum Gasteiger partial charge on any atom is 0.125 e. The zero-order valence-electron chi connectivity index (χ0n) is 9.01. The van der Waals surface area contributed by atoms with Crippen molar-refractivity contribution in [1.29, 1.82) is 0 Å². The molecule has 1 rings (SSSR count). The molecule has 0 fully saturated rings. The second kappa shape index (κ2) is 4.99. The summed E-state index contributed by atoms with van der Waals surface area (Å²) in [5.41, 5.74) is 2.11. The van der Waals surface area contributed by atoms with Gasteiger partial charge in [0.2, 0.25) is 0 Å². The van der Waals surface area contributed by atoms with Crippen molar-refractivity contribution >= 4 is 0 Å². The van der Waals surface area contributed by atoms with Crippen molar-refractivity contribution in [3.8, 4) is 5.75 Å². The van der Waals surface area contributed by atoms with Crippen LogP contribution in [0.3, 0.4) is 0 Å². The van der Waals surface area contributed by atoms with E-state index in [1.165, 1.54) is 0 Å². The second-order valence-corrected chi connectivity index (χ2v) is 3.45. The van der Waals surface area contributed by atoms with Gasteiger partial charge in [0.1, 0.15) is 5.75 Å². The summed E-state index contributed by atoms with van der Waals surface area (Å²) in [6, 6.07) is 5.92. The van der Waals surface area contributed by atoms with E-state index < -0.39 is 0 Å². The second-order valence-electron chi connectivity index (χ2n) is 3.45. The van der Waals surface area contributed by atoms with Gasteiger partial charge < -0.3 is 4.74 Å². The van der Waals surface area contributed by atoms with Crippen LogP contribution in [0.5, 0.6) is 5.75 Å².